The van der Waals surface area contributed by atoms with E-state index in [1.807, 2.05) is 24.3 Å². The molecule has 1 aliphatic rings. The average Bonchev–Trinajstić information content (AvgIpc) is 2.75. The SMILES string of the molecule is CCCCCCCOC(=O)c1ccc(OCCC[C@H]2CC[C@H](CCC)CC2)cc1. The van der Waals surface area contributed by atoms with Crippen LogP contribution in [-0.2, 0) is 4.74 Å². The zero-order valence-corrected chi connectivity index (χ0v) is 18.8. The third-order valence-electron chi connectivity index (χ3n) is 6.26. The Hall–Kier alpha value is -1.51. The van der Waals surface area contributed by atoms with Gasteiger partial charge in [0.05, 0.1) is 18.8 Å². The molecule has 164 valence electrons. The zero-order valence-electron chi connectivity index (χ0n) is 18.8. The van der Waals surface area contributed by atoms with E-state index in [0.717, 1.165) is 43.5 Å². The van der Waals surface area contributed by atoms with Crippen molar-refractivity contribution in [1.82, 2.24) is 0 Å². The molecule has 1 aromatic carbocycles. The second-order valence-corrected chi connectivity index (χ2v) is 8.74. The normalized spacial score (nSPS) is 19.1. The first-order chi connectivity index (χ1) is 14.2. The molecule has 0 unspecified atom stereocenters. The molecular weight excluding hydrogens is 360 g/mol. The fourth-order valence-electron chi connectivity index (χ4n) is 4.42. The molecule has 0 amide bonds. The minimum atomic E-state index is -0.231. The highest BCUT2D eigenvalue weighted by molar-refractivity contribution is 5.89. The molecule has 0 atom stereocenters. The maximum absolute atomic E-state index is 12.1. The average molecular weight is 403 g/mol. The van der Waals surface area contributed by atoms with Crippen molar-refractivity contribution in [2.24, 2.45) is 11.8 Å². The van der Waals surface area contributed by atoms with Crippen molar-refractivity contribution in [3.05, 3.63) is 29.8 Å². The van der Waals surface area contributed by atoms with Crippen molar-refractivity contribution in [2.45, 2.75) is 97.3 Å². The van der Waals surface area contributed by atoms with Gasteiger partial charge in [0.25, 0.3) is 0 Å². The summed E-state index contributed by atoms with van der Waals surface area (Å²) in [5, 5.41) is 0. The van der Waals surface area contributed by atoms with Crippen molar-refractivity contribution in [2.75, 3.05) is 13.2 Å². The van der Waals surface area contributed by atoms with E-state index in [1.165, 1.54) is 64.2 Å². The van der Waals surface area contributed by atoms with Crippen LogP contribution >= 0.6 is 0 Å². The molecule has 0 radical (unpaired) electrons. The van der Waals surface area contributed by atoms with Gasteiger partial charge in [-0.2, -0.15) is 0 Å². The van der Waals surface area contributed by atoms with Crippen LogP contribution in [0.3, 0.4) is 0 Å². The molecule has 0 bridgehead atoms. The first kappa shape index (κ1) is 23.8. The Morgan fingerprint density at radius 1 is 0.793 bits per heavy atom. The number of ether oxygens (including phenoxy) is 2. The van der Waals surface area contributed by atoms with Gasteiger partial charge in [-0.05, 0) is 55.4 Å². The number of hydrogen-bond donors (Lipinski definition) is 0. The summed E-state index contributed by atoms with van der Waals surface area (Å²) in [6.45, 7) is 5.78. The summed E-state index contributed by atoms with van der Waals surface area (Å²) < 4.78 is 11.2. The number of rotatable bonds is 14. The number of carbonyl (C=O) groups excluding carboxylic acids is 1. The first-order valence-electron chi connectivity index (χ1n) is 12.1. The van der Waals surface area contributed by atoms with Crippen molar-refractivity contribution < 1.29 is 14.3 Å². The molecule has 0 saturated heterocycles. The van der Waals surface area contributed by atoms with E-state index in [2.05, 4.69) is 13.8 Å². The first-order valence-corrected chi connectivity index (χ1v) is 12.1. The molecule has 0 heterocycles. The highest BCUT2D eigenvalue weighted by Gasteiger charge is 2.20. The number of unbranched alkanes of at least 4 members (excludes halogenated alkanes) is 4. The van der Waals surface area contributed by atoms with Gasteiger partial charge in [0, 0.05) is 0 Å². The van der Waals surface area contributed by atoms with E-state index >= 15 is 0 Å². The van der Waals surface area contributed by atoms with Crippen molar-refractivity contribution in [1.29, 1.82) is 0 Å². The predicted octanol–water partition coefficient (Wildman–Crippen LogP) is 7.58. The fraction of sp³-hybridized carbons (Fsp3) is 0.731. The van der Waals surface area contributed by atoms with E-state index in [9.17, 15) is 4.79 Å². The second-order valence-electron chi connectivity index (χ2n) is 8.74. The fourth-order valence-corrected chi connectivity index (χ4v) is 4.42. The summed E-state index contributed by atoms with van der Waals surface area (Å²) >= 11 is 0. The van der Waals surface area contributed by atoms with Crippen LogP contribution < -0.4 is 4.74 Å². The predicted molar refractivity (Wildman–Crippen MR) is 121 cm³/mol. The van der Waals surface area contributed by atoms with Crippen molar-refractivity contribution in [3.63, 3.8) is 0 Å². The van der Waals surface area contributed by atoms with Crippen LogP contribution in [0.2, 0.25) is 0 Å². The lowest BCUT2D eigenvalue weighted by molar-refractivity contribution is 0.0497. The summed E-state index contributed by atoms with van der Waals surface area (Å²) in [4.78, 5) is 12.1. The van der Waals surface area contributed by atoms with E-state index in [0.29, 0.717) is 12.2 Å². The lowest BCUT2D eigenvalue weighted by atomic mass is 9.78. The van der Waals surface area contributed by atoms with Crippen LogP contribution in [0.4, 0.5) is 0 Å². The van der Waals surface area contributed by atoms with Crippen LogP contribution in [0.5, 0.6) is 5.75 Å². The number of hydrogen-bond acceptors (Lipinski definition) is 3. The lowest BCUT2D eigenvalue weighted by Crippen LogP contribution is -2.15. The Kier molecular flexibility index (Phi) is 11.9. The highest BCUT2D eigenvalue weighted by Crippen LogP contribution is 2.33. The summed E-state index contributed by atoms with van der Waals surface area (Å²) in [7, 11) is 0. The number of benzene rings is 1. The molecule has 0 aliphatic heterocycles. The molecular formula is C26H42O3. The summed E-state index contributed by atoms with van der Waals surface area (Å²) in [5.74, 6) is 2.49. The van der Waals surface area contributed by atoms with Crippen molar-refractivity contribution >= 4 is 5.97 Å². The van der Waals surface area contributed by atoms with Crippen molar-refractivity contribution in [3.8, 4) is 5.75 Å². The third kappa shape index (κ3) is 9.69. The van der Waals surface area contributed by atoms with Gasteiger partial charge in [-0.25, -0.2) is 4.79 Å². The van der Waals surface area contributed by atoms with Gasteiger partial charge in [0.1, 0.15) is 5.75 Å². The largest absolute Gasteiger partial charge is 0.494 e. The molecule has 2 rings (SSSR count). The number of carbonyl (C=O) groups is 1. The Labute approximate surface area is 178 Å². The van der Waals surface area contributed by atoms with E-state index in [1.54, 1.807) is 0 Å². The molecule has 1 fully saturated rings. The smallest absolute Gasteiger partial charge is 0.338 e. The molecule has 0 aromatic heterocycles. The molecule has 29 heavy (non-hydrogen) atoms. The van der Waals surface area contributed by atoms with E-state index in [4.69, 9.17) is 9.47 Å². The quantitative estimate of drug-likeness (QED) is 0.238. The molecule has 3 nitrogen and oxygen atoms in total. The van der Waals surface area contributed by atoms with Gasteiger partial charge in [0.15, 0.2) is 0 Å². The Morgan fingerprint density at radius 3 is 2.10 bits per heavy atom. The lowest BCUT2D eigenvalue weighted by Gasteiger charge is -2.28. The maximum Gasteiger partial charge on any atom is 0.338 e. The van der Waals surface area contributed by atoms with Gasteiger partial charge < -0.3 is 9.47 Å². The standard InChI is InChI=1S/C26H42O3/c1-3-5-6-7-8-20-29-26(27)24-16-18-25(19-17-24)28-21-9-11-23-14-12-22(10-4-2)13-15-23/h16-19,22-23H,3-15,20-21H2,1-2H3/t22-,23-. The maximum atomic E-state index is 12.1. The van der Waals surface area contributed by atoms with E-state index < -0.39 is 0 Å². The van der Waals surface area contributed by atoms with Crippen LogP contribution in [0, 0.1) is 11.8 Å². The molecule has 0 N–H and O–H groups in total. The Balaban J connectivity index is 1.56. The van der Waals surface area contributed by atoms with Crippen LogP contribution in [0.1, 0.15) is 108 Å². The molecule has 1 aliphatic carbocycles. The molecule has 3 heteroatoms. The van der Waals surface area contributed by atoms with Gasteiger partial charge in [-0.15, -0.1) is 0 Å². The Morgan fingerprint density at radius 2 is 1.45 bits per heavy atom. The van der Waals surface area contributed by atoms with E-state index in [-0.39, 0.29) is 5.97 Å². The summed E-state index contributed by atoms with van der Waals surface area (Å²) in [6, 6.07) is 7.38. The van der Waals surface area contributed by atoms with Crippen LogP contribution in [0.25, 0.3) is 0 Å². The zero-order chi connectivity index (χ0) is 20.7. The number of esters is 1. The van der Waals surface area contributed by atoms with Gasteiger partial charge in [-0.1, -0.05) is 78.1 Å². The summed E-state index contributed by atoms with van der Waals surface area (Å²) in [6.07, 6.45) is 16.6. The van der Waals surface area contributed by atoms with Gasteiger partial charge in [-0.3, -0.25) is 0 Å². The van der Waals surface area contributed by atoms with Gasteiger partial charge in [0.2, 0.25) is 0 Å². The molecule has 1 saturated carbocycles. The third-order valence-corrected chi connectivity index (χ3v) is 6.26. The molecule has 1 aromatic rings. The highest BCUT2D eigenvalue weighted by atomic mass is 16.5. The topological polar surface area (TPSA) is 35.5 Å². The molecule has 0 spiro atoms. The van der Waals surface area contributed by atoms with Crippen LogP contribution in [-0.4, -0.2) is 19.2 Å². The second kappa shape index (κ2) is 14.5. The Bertz CT molecular complexity index is 544. The summed E-state index contributed by atoms with van der Waals surface area (Å²) in [5.41, 5.74) is 0.606. The monoisotopic (exact) mass is 402 g/mol. The minimum Gasteiger partial charge on any atom is -0.494 e. The van der Waals surface area contributed by atoms with Crippen LogP contribution in [0.15, 0.2) is 24.3 Å². The minimum absolute atomic E-state index is 0.231. The van der Waals surface area contributed by atoms with Gasteiger partial charge >= 0.3 is 5.97 Å².